The Hall–Kier alpha value is -1.44. The summed E-state index contributed by atoms with van der Waals surface area (Å²) in [4.78, 5) is 23.7. The van der Waals surface area contributed by atoms with Gasteiger partial charge in [-0.3, -0.25) is 9.59 Å². The maximum absolute atomic E-state index is 11.8. The van der Waals surface area contributed by atoms with Gasteiger partial charge < -0.3 is 26.0 Å². The summed E-state index contributed by atoms with van der Waals surface area (Å²) in [6.07, 6.45) is 1.50. The van der Waals surface area contributed by atoms with E-state index in [4.69, 9.17) is 10.2 Å². The van der Waals surface area contributed by atoms with Gasteiger partial charge in [-0.1, -0.05) is 6.92 Å². The molecular formula is C12H20N2O5. The van der Waals surface area contributed by atoms with Crippen molar-refractivity contribution in [3.63, 3.8) is 0 Å². The first-order valence-electron chi connectivity index (χ1n) is 6.09. The van der Waals surface area contributed by atoms with Gasteiger partial charge in [0.15, 0.2) is 0 Å². The van der Waals surface area contributed by atoms with Crippen LogP contribution in [0.4, 0.5) is 0 Å². The molecule has 0 unspecified atom stereocenters. The molecule has 0 aromatic rings. The number of hydrogen-bond acceptors (Lipinski definition) is 5. The van der Waals surface area contributed by atoms with E-state index < -0.39 is 30.1 Å². The number of carbonyl (C=O) groups is 2. The average molecular weight is 272 g/mol. The average Bonchev–Trinajstić information content (AvgIpc) is 2.33. The quantitative estimate of drug-likeness (QED) is 0.380. The van der Waals surface area contributed by atoms with Crippen LogP contribution in [0.3, 0.4) is 0 Å². The van der Waals surface area contributed by atoms with E-state index in [1.54, 1.807) is 6.92 Å². The van der Waals surface area contributed by atoms with E-state index >= 15 is 0 Å². The fourth-order valence-electron chi connectivity index (χ4n) is 1.78. The zero-order chi connectivity index (χ0) is 14.6. The Morgan fingerprint density at radius 2 is 2.05 bits per heavy atom. The lowest BCUT2D eigenvalue weighted by Gasteiger charge is -2.30. The van der Waals surface area contributed by atoms with E-state index in [-0.39, 0.29) is 18.2 Å². The summed E-state index contributed by atoms with van der Waals surface area (Å²) in [5, 5.41) is 32.3. The van der Waals surface area contributed by atoms with Gasteiger partial charge in [0.1, 0.15) is 17.3 Å². The predicted octanol–water partition coefficient (Wildman–Crippen LogP) is -1.75. The van der Waals surface area contributed by atoms with Gasteiger partial charge in [0.05, 0.1) is 6.61 Å². The molecule has 19 heavy (non-hydrogen) atoms. The van der Waals surface area contributed by atoms with Crippen LogP contribution in [0.15, 0.2) is 11.8 Å². The molecule has 1 heterocycles. The summed E-state index contributed by atoms with van der Waals surface area (Å²) < 4.78 is 0. The molecule has 1 aliphatic rings. The molecule has 0 aromatic heterocycles. The smallest absolute Gasteiger partial charge is 0.268 e. The fraction of sp³-hybridized carbons (Fsp3) is 0.667. The molecule has 1 aliphatic heterocycles. The topological polar surface area (TPSA) is 119 Å². The Labute approximate surface area is 111 Å². The fourth-order valence-corrected chi connectivity index (χ4v) is 1.78. The van der Waals surface area contributed by atoms with Crippen molar-refractivity contribution >= 4 is 11.8 Å². The summed E-state index contributed by atoms with van der Waals surface area (Å²) in [6, 6.07) is -0.712. The van der Waals surface area contributed by atoms with E-state index in [1.807, 2.05) is 0 Å². The van der Waals surface area contributed by atoms with Crippen molar-refractivity contribution in [3.8, 4) is 0 Å². The first-order chi connectivity index (χ1) is 8.80. The zero-order valence-corrected chi connectivity index (χ0v) is 11.0. The van der Waals surface area contributed by atoms with Crippen LogP contribution in [0.1, 0.15) is 20.3 Å². The molecule has 0 aliphatic carbocycles. The molecule has 1 fully saturated rings. The number of amides is 2. The molecule has 108 valence electrons. The number of nitrogens with one attached hydrogen (secondary N) is 2. The Bertz CT molecular complexity index is 392. The van der Waals surface area contributed by atoms with Crippen LogP contribution in [-0.4, -0.2) is 52.0 Å². The van der Waals surface area contributed by atoms with Crippen molar-refractivity contribution < 1.29 is 24.9 Å². The Morgan fingerprint density at radius 1 is 1.42 bits per heavy atom. The maximum Gasteiger partial charge on any atom is 0.268 e. The van der Waals surface area contributed by atoms with Gasteiger partial charge in [0.2, 0.25) is 5.91 Å². The number of hydrogen-bond donors (Lipinski definition) is 5. The van der Waals surface area contributed by atoms with Gasteiger partial charge in [-0.2, -0.15) is 0 Å². The lowest BCUT2D eigenvalue weighted by Crippen LogP contribution is -2.57. The van der Waals surface area contributed by atoms with E-state index in [0.717, 1.165) is 6.08 Å². The highest BCUT2D eigenvalue weighted by Crippen LogP contribution is 2.15. The normalized spacial score (nSPS) is 26.6. The third-order valence-electron chi connectivity index (χ3n) is 3.00. The lowest BCUT2D eigenvalue weighted by molar-refractivity contribution is -0.132. The molecule has 0 spiro atoms. The second-order valence-electron chi connectivity index (χ2n) is 5.00. The summed E-state index contributed by atoms with van der Waals surface area (Å²) in [7, 11) is 0. The van der Waals surface area contributed by atoms with Crippen molar-refractivity contribution in [2.45, 2.75) is 31.9 Å². The largest absolute Gasteiger partial charge is 0.396 e. The number of aliphatic hydroxyl groups is 3. The molecule has 7 heteroatoms. The molecule has 3 atom stereocenters. The van der Waals surface area contributed by atoms with Crippen LogP contribution in [0.2, 0.25) is 0 Å². The molecular weight excluding hydrogens is 252 g/mol. The van der Waals surface area contributed by atoms with Crippen molar-refractivity contribution in [2.24, 2.45) is 5.92 Å². The third-order valence-corrected chi connectivity index (χ3v) is 3.00. The monoisotopic (exact) mass is 272 g/mol. The van der Waals surface area contributed by atoms with Crippen molar-refractivity contribution in [2.75, 3.05) is 13.2 Å². The van der Waals surface area contributed by atoms with Crippen LogP contribution >= 0.6 is 0 Å². The van der Waals surface area contributed by atoms with E-state index in [1.165, 1.54) is 6.92 Å². The SMILES string of the molecule is C[C@@H](CCO)[C@@H]1NC(=O)/C(=C/[C@@](C)(O)CO)NC1=O. The Kier molecular flexibility index (Phi) is 5.04. The van der Waals surface area contributed by atoms with Crippen LogP contribution in [0, 0.1) is 5.92 Å². The van der Waals surface area contributed by atoms with E-state index in [0.29, 0.717) is 6.42 Å². The Morgan fingerprint density at radius 3 is 2.58 bits per heavy atom. The number of carbonyl (C=O) groups excluding carboxylic acids is 2. The standard InChI is InChI=1S/C12H20N2O5/c1-7(3-4-15)9-11(18)13-8(10(17)14-9)5-12(2,19)6-16/h5,7,9,15-16,19H,3-4,6H2,1-2H3,(H,13,18)(H,14,17)/b8-5-/t7-,9-,12+/m0/s1. The van der Waals surface area contributed by atoms with Gasteiger partial charge in [0, 0.05) is 6.61 Å². The first kappa shape index (κ1) is 15.6. The first-order valence-corrected chi connectivity index (χ1v) is 6.09. The zero-order valence-electron chi connectivity index (χ0n) is 11.0. The van der Waals surface area contributed by atoms with Crippen molar-refractivity contribution in [1.29, 1.82) is 0 Å². The molecule has 0 saturated carbocycles. The minimum atomic E-state index is -1.58. The predicted molar refractivity (Wildman–Crippen MR) is 66.7 cm³/mol. The van der Waals surface area contributed by atoms with E-state index in [2.05, 4.69) is 10.6 Å². The summed E-state index contributed by atoms with van der Waals surface area (Å²) in [5.74, 6) is -1.13. The van der Waals surface area contributed by atoms with Crippen molar-refractivity contribution in [1.82, 2.24) is 10.6 Å². The highest BCUT2D eigenvalue weighted by molar-refractivity contribution is 6.04. The minimum Gasteiger partial charge on any atom is -0.396 e. The molecule has 1 rings (SSSR count). The summed E-state index contributed by atoms with van der Waals surface area (Å²) >= 11 is 0. The minimum absolute atomic E-state index is 0.0667. The van der Waals surface area contributed by atoms with Gasteiger partial charge in [-0.15, -0.1) is 0 Å². The summed E-state index contributed by atoms with van der Waals surface area (Å²) in [6.45, 7) is 2.44. The van der Waals surface area contributed by atoms with Gasteiger partial charge in [0.25, 0.3) is 5.91 Å². The highest BCUT2D eigenvalue weighted by Gasteiger charge is 2.34. The van der Waals surface area contributed by atoms with Crippen LogP contribution in [0.5, 0.6) is 0 Å². The number of rotatable bonds is 5. The van der Waals surface area contributed by atoms with Crippen LogP contribution < -0.4 is 10.6 Å². The molecule has 2 amide bonds. The molecule has 5 N–H and O–H groups in total. The molecule has 0 bridgehead atoms. The van der Waals surface area contributed by atoms with Crippen LogP contribution in [-0.2, 0) is 9.59 Å². The van der Waals surface area contributed by atoms with Gasteiger partial charge in [-0.05, 0) is 25.3 Å². The molecule has 0 aromatic carbocycles. The number of aliphatic hydroxyl groups excluding tert-OH is 2. The Balaban J connectivity index is 2.82. The maximum atomic E-state index is 11.8. The molecule has 0 radical (unpaired) electrons. The molecule has 7 nitrogen and oxygen atoms in total. The van der Waals surface area contributed by atoms with Gasteiger partial charge >= 0.3 is 0 Å². The van der Waals surface area contributed by atoms with Gasteiger partial charge in [-0.25, -0.2) is 0 Å². The third kappa shape index (κ3) is 4.02. The van der Waals surface area contributed by atoms with Crippen LogP contribution in [0.25, 0.3) is 0 Å². The molecule has 1 saturated heterocycles. The van der Waals surface area contributed by atoms with Crippen molar-refractivity contribution in [3.05, 3.63) is 11.8 Å². The van der Waals surface area contributed by atoms with E-state index in [9.17, 15) is 14.7 Å². The number of piperazine rings is 1. The lowest BCUT2D eigenvalue weighted by atomic mass is 9.95. The second-order valence-corrected chi connectivity index (χ2v) is 5.00. The summed E-state index contributed by atoms with van der Waals surface area (Å²) in [5.41, 5.74) is -1.67. The highest BCUT2D eigenvalue weighted by atomic mass is 16.3. The second kappa shape index (κ2) is 6.14.